The number of imidazole rings is 1. The fourth-order valence-corrected chi connectivity index (χ4v) is 5.82. The minimum absolute atomic E-state index is 0.0102. The van der Waals surface area contributed by atoms with Gasteiger partial charge in [0.25, 0.3) is 5.56 Å². The first kappa shape index (κ1) is 25.3. The number of hydrogen-bond acceptors (Lipinski definition) is 12. The van der Waals surface area contributed by atoms with E-state index in [0.29, 0.717) is 0 Å². The first-order valence-corrected chi connectivity index (χ1v) is 12.8. The van der Waals surface area contributed by atoms with Crippen LogP contribution in [-0.4, -0.2) is 74.2 Å². The van der Waals surface area contributed by atoms with E-state index in [1.807, 2.05) is 0 Å². The Labute approximate surface area is 176 Å². The number of nitrogens with one attached hydrogen (secondary N) is 1. The van der Waals surface area contributed by atoms with Crippen molar-refractivity contribution in [2.45, 2.75) is 31.5 Å². The lowest BCUT2D eigenvalue weighted by Crippen LogP contribution is -2.33. The molecule has 3 heterocycles. The summed E-state index contributed by atoms with van der Waals surface area (Å²) in [6.45, 7) is 0.502. The molecular weight excluding hydrogens is 505 g/mol. The van der Waals surface area contributed by atoms with E-state index in [1.165, 1.54) is 6.92 Å². The number of phosphoric ester groups is 1. The Morgan fingerprint density at radius 1 is 1.12 bits per heavy atom. The molecule has 18 nitrogen and oxygen atoms in total. The maximum atomic E-state index is 11.9. The van der Waals surface area contributed by atoms with E-state index in [0.717, 1.165) is 10.9 Å². The zero-order valence-electron chi connectivity index (χ0n) is 15.7. The second kappa shape index (κ2) is 8.77. The number of aromatic nitrogens is 4. The highest BCUT2D eigenvalue weighted by Crippen LogP contribution is 2.66. The summed E-state index contributed by atoms with van der Waals surface area (Å²) in [5.74, 6) is 0.224. The number of aliphatic hydroxyl groups is 2. The average molecular weight is 522 g/mol. The molecule has 32 heavy (non-hydrogen) atoms. The minimum atomic E-state index is -5.72. The normalized spacial score (nSPS) is 28.0. The van der Waals surface area contributed by atoms with E-state index < -0.39 is 60.2 Å². The molecule has 6 atom stereocenters. The van der Waals surface area contributed by atoms with Crippen LogP contribution in [0.3, 0.4) is 0 Å². The van der Waals surface area contributed by atoms with Gasteiger partial charge in [-0.2, -0.15) is 8.62 Å². The Morgan fingerprint density at radius 2 is 1.78 bits per heavy atom. The van der Waals surface area contributed by atoms with E-state index >= 15 is 0 Å². The molecule has 2 aromatic heterocycles. The number of ether oxygens (including phenoxy) is 1. The standard InChI is InChI=1S/C11H17N4O14P3/c1-4-13-9-6(10(18)14-4)12-3-15(9)11-8(17)7(16)5(27-11)2-26-31(22,23)29-32(24,25)28-30(19,20)21/h3,5,7-8,11,16-17H,2H2,1H3,(H,22,23)(H,24,25)(H,13,14,18)(H2,19,20,21). The molecule has 1 aliphatic heterocycles. The Bertz CT molecular complexity index is 1210. The number of nitrogens with zero attached hydrogens (tertiary/aromatic N) is 3. The maximum Gasteiger partial charge on any atom is 0.490 e. The lowest BCUT2D eigenvalue weighted by atomic mass is 10.1. The third kappa shape index (κ3) is 5.76. The van der Waals surface area contributed by atoms with Crippen molar-refractivity contribution in [3.8, 4) is 0 Å². The molecule has 6 unspecified atom stereocenters. The molecule has 0 spiro atoms. The predicted octanol–water partition coefficient (Wildman–Crippen LogP) is -1.61. The second-order valence-electron chi connectivity index (χ2n) is 6.41. The van der Waals surface area contributed by atoms with Crippen molar-refractivity contribution in [1.29, 1.82) is 0 Å². The molecule has 1 saturated heterocycles. The van der Waals surface area contributed by atoms with E-state index in [-0.39, 0.29) is 17.0 Å². The third-order valence-corrected chi connectivity index (χ3v) is 7.78. The van der Waals surface area contributed by atoms with Gasteiger partial charge < -0.3 is 39.5 Å². The van der Waals surface area contributed by atoms with Gasteiger partial charge in [-0.15, -0.1) is 0 Å². The van der Waals surface area contributed by atoms with Crippen LogP contribution in [0.1, 0.15) is 12.1 Å². The van der Waals surface area contributed by atoms with Crippen LogP contribution in [-0.2, 0) is 31.6 Å². The van der Waals surface area contributed by atoms with Gasteiger partial charge in [0.15, 0.2) is 17.4 Å². The van der Waals surface area contributed by atoms with Gasteiger partial charge in [0.1, 0.15) is 24.1 Å². The zero-order chi connectivity index (χ0) is 24.1. The minimum Gasteiger partial charge on any atom is -0.387 e. The fraction of sp³-hybridized carbons (Fsp3) is 0.545. The highest BCUT2D eigenvalue weighted by atomic mass is 31.3. The lowest BCUT2D eigenvalue weighted by Gasteiger charge is -2.19. The van der Waals surface area contributed by atoms with Gasteiger partial charge in [0, 0.05) is 0 Å². The quantitative estimate of drug-likeness (QED) is 0.192. The summed E-state index contributed by atoms with van der Waals surface area (Å²) < 4.78 is 51.8. The smallest absolute Gasteiger partial charge is 0.387 e. The van der Waals surface area contributed by atoms with Gasteiger partial charge in [-0.1, -0.05) is 0 Å². The highest BCUT2D eigenvalue weighted by molar-refractivity contribution is 7.66. The number of H-pyrrole nitrogens is 1. The summed E-state index contributed by atoms with van der Waals surface area (Å²) in [7, 11) is -16.7. The van der Waals surface area contributed by atoms with Gasteiger partial charge in [-0.3, -0.25) is 13.9 Å². The number of aliphatic hydroxyl groups excluding tert-OH is 2. The molecule has 0 radical (unpaired) electrons. The van der Waals surface area contributed by atoms with Crippen LogP contribution >= 0.6 is 23.5 Å². The largest absolute Gasteiger partial charge is 0.490 e. The molecule has 3 rings (SSSR count). The van der Waals surface area contributed by atoms with Gasteiger partial charge in [0.05, 0.1) is 12.9 Å². The molecule has 7 N–H and O–H groups in total. The van der Waals surface area contributed by atoms with Crippen molar-refractivity contribution < 1.29 is 61.4 Å². The van der Waals surface area contributed by atoms with Crippen molar-refractivity contribution in [2.75, 3.05) is 6.61 Å². The molecule has 0 amide bonds. The Hall–Kier alpha value is -1.36. The summed E-state index contributed by atoms with van der Waals surface area (Å²) in [6, 6.07) is 0. The molecule has 0 aliphatic carbocycles. The van der Waals surface area contributed by atoms with Crippen molar-refractivity contribution in [3.63, 3.8) is 0 Å². The van der Waals surface area contributed by atoms with E-state index in [9.17, 15) is 33.6 Å². The molecule has 0 bridgehead atoms. The first-order chi connectivity index (χ1) is 14.6. The summed E-state index contributed by atoms with van der Waals surface area (Å²) >= 11 is 0. The second-order valence-corrected chi connectivity index (χ2v) is 10.8. The van der Waals surface area contributed by atoms with E-state index in [4.69, 9.17) is 19.4 Å². The summed E-state index contributed by atoms with van der Waals surface area (Å²) in [6.07, 6.45) is -5.12. The molecule has 1 aliphatic rings. The number of rotatable bonds is 8. The van der Waals surface area contributed by atoms with Crippen LogP contribution in [0.25, 0.3) is 11.2 Å². The van der Waals surface area contributed by atoms with Crippen molar-refractivity contribution in [1.82, 2.24) is 19.5 Å². The summed E-state index contributed by atoms with van der Waals surface area (Å²) in [4.78, 5) is 57.9. The SMILES string of the molecule is Cc1nc2c(ncn2C2OC(COP(=O)(O)OP(=O)(O)OP(=O)(O)O)C(O)C2O)c(=O)[nH]1. The van der Waals surface area contributed by atoms with Crippen molar-refractivity contribution in [2.24, 2.45) is 0 Å². The lowest BCUT2D eigenvalue weighted by molar-refractivity contribution is -0.0503. The summed E-state index contributed by atoms with van der Waals surface area (Å²) in [5.41, 5.74) is -0.642. The van der Waals surface area contributed by atoms with Gasteiger partial charge in [-0.25, -0.2) is 23.7 Å². The first-order valence-electron chi connectivity index (χ1n) is 8.32. The molecule has 1 fully saturated rings. The molecular formula is C11H17N4O14P3. The number of aryl methyl sites for hydroxylation is 1. The molecule has 0 aromatic carbocycles. The molecule has 21 heteroatoms. The molecule has 2 aromatic rings. The maximum absolute atomic E-state index is 11.9. The monoisotopic (exact) mass is 522 g/mol. The number of aromatic amines is 1. The Balaban J connectivity index is 1.72. The number of phosphoric acid groups is 3. The van der Waals surface area contributed by atoms with E-state index in [1.54, 1.807) is 0 Å². The van der Waals surface area contributed by atoms with Crippen LogP contribution < -0.4 is 5.56 Å². The highest BCUT2D eigenvalue weighted by Gasteiger charge is 2.47. The van der Waals surface area contributed by atoms with Crippen LogP contribution in [0, 0.1) is 6.92 Å². The van der Waals surface area contributed by atoms with Crippen molar-refractivity contribution in [3.05, 3.63) is 22.5 Å². The Kier molecular flexibility index (Phi) is 6.93. The average Bonchev–Trinajstić information content (AvgIpc) is 3.12. The van der Waals surface area contributed by atoms with Crippen LogP contribution in [0.5, 0.6) is 0 Å². The zero-order valence-corrected chi connectivity index (χ0v) is 18.4. The van der Waals surface area contributed by atoms with Gasteiger partial charge in [-0.05, 0) is 6.92 Å². The van der Waals surface area contributed by atoms with E-state index in [2.05, 4.69) is 28.1 Å². The van der Waals surface area contributed by atoms with Crippen molar-refractivity contribution >= 4 is 34.6 Å². The van der Waals surface area contributed by atoms with Crippen LogP contribution in [0.2, 0.25) is 0 Å². The summed E-state index contributed by atoms with van der Waals surface area (Å²) in [5, 5.41) is 20.5. The van der Waals surface area contributed by atoms with Gasteiger partial charge >= 0.3 is 23.5 Å². The molecule has 0 saturated carbocycles. The number of fused-ring (bicyclic) bond motifs is 1. The Morgan fingerprint density at radius 3 is 2.41 bits per heavy atom. The third-order valence-electron chi connectivity index (χ3n) is 3.98. The topological polar surface area (TPSA) is 273 Å². The van der Waals surface area contributed by atoms with Gasteiger partial charge in [0.2, 0.25) is 0 Å². The fourth-order valence-electron chi connectivity index (χ4n) is 2.79. The molecule has 180 valence electrons. The predicted molar refractivity (Wildman–Crippen MR) is 98.6 cm³/mol. The van der Waals surface area contributed by atoms with Crippen LogP contribution in [0.15, 0.2) is 11.1 Å². The number of hydrogen-bond donors (Lipinski definition) is 7. The van der Waals surface area contributed by atoms with Crippen LogP contribution in [0.4, 0.5) is 0 Å².